The van der Waals surface area contributed by atoms with Crippen molar-refractivity contribution in [3.8, 4) is 22.9 Å². The van der Waals surface area contributed by atoms with Gasteiger partial charge in [-0.1, -0.05) is 42.0 Å². The summed E-state index contributed by atoms with van der Waals surface area (Å²) in [5, 5.41) is 11.7. The maximum absolute atomic E-state index is 12.3. The van der Waals surface area contributed by atoms with Crippen LogP contribution in [0.1, 0.15) is 18.1 Å². The van der Waals surface area contributed by atoms with E-state index < -0.39 is 6.10 Å². The molecular weight excluding hydrogens is 336 g/mol. The number of hydrogen-bond donors (Lipinski definition) is 1. The minimum Gasteiger partial charge on any atom is -0.481 e. The molecule has 134 valence electrons. The Bertz CT molecular complexity index is 953. The lowest BCUT2D eigenvalue weighted by molar-refractivity contribution is -0.122. The van der Waals surface area contributed by atoms with Gasteiger partial charge in [-0.2, -0.15) is 5.26 Å². The number of anilines is 1. The molecule has 0 spiro atoms. The van der Waals surface area contributed by atoms with Crippen LogP contribution in [-0.4, -0.2) is 12.0 Å². The molecule has 0 fully saturated rings. The first-order valence-electron chi connectivity index (χ1n) is 8.70. The van der Waals surface area contributed by atoms with Crippen LogP contribution in [0.3, 0.4) is 0 Å². The van der Waals surface area contributed by atoms with Crippen molar-refractivity contribution in [2.45, 2.75) is 20.0 Å². The van der Waals surface area contributed by atoms with Crippen molar-refractivity contribution < 1.29 is 9.53 Å². The predicted molar refractivity (Wildman–Crippen MR) is 106 cm³/mol. The maximum atomic E-state index is 12.3. The van der Waals surface area contributed by atoms with E-state index >= 15 is 0 Å². The Kier molecular flexibility index (Phi) is 5.53. The molecule has 0 bridgehead atoms. The number of benzene rings is 3. The monoisotopic (exact) mass is 356 g/mol. The Hall–Kier alpha value is -3.58. The van der Waals surface area contributed by atoms with Gasteiger partial charge in [0, 0.05) is 5.69 Å². The van der Waals surface area contributed by atoms with Gasteiger partial charge in [0.05, 0.1) is 11.6 Å². The number of nitriles is 1. The van der Waals surface area contributed by atoms with Crippen molar-refractivity contribution in [3.05, 3.63) is 83.9 Å². The summed E-state index contributed by atoms with van der Waals surface area (Å²) in [5.41, 5.74) is 4.55. The Balaban J connectivity index is 1.62. The van der Waals surface area contributed by atoms with Gasteiger partial charge in [0.1, 0.15) is 5.75 Å². The van der Waals surface area contributed by atoms with E-state index in [0.29, 0.717) is 11.3 Å². The fraction of sp³-hybridized carbons (Fsp3) is 0.130. The molecule has 0 aliphatic rings. The molecule has 3 aromatic carbocycles. The van der Waals surface area contributed by atoms with Crippen LogP contribution in [0.15, 0.2) is 72.8 Å². The Morgan fingerprint density at radius 1 is 0.926 bits per heavy atom. The molecule has 0 saturated carbocycles. The van der Waals surface area contributed by atoms with Crippen molar-refractivity contribution in [2.75, 3.05) is 5.32 Å². The number of aryl methyl sites for hydroxylation is 1. The molecular formula is C23H20N2O2. The lowest BCUT2D eigenvalue weighted by atomic mass is 10.0. The quantitative estimate of drug-likeness (QED) is 0.704. The van der Waals surface area contributed by atoms with Gasteiger partial charge < -0.3 is 10.1 Å². The van der Waals surface area contributed by atoms with E-state index in [1.54, 1.807) is 19.1 Å². The summed E-state index contributed by atoms with van der Waals surface area (Å²) < 4.78 is 5.74. The van der Waals surface area contributed by atoms with E-state index in [1.165, 1.54) is 0 Å². The second kappa shape index (κ2) is 8.20. The average Bonchev–Trinajstić information content (AvgIpc) is 2.70. The van der Waals surface area contributed by atoms with Crippen LogP contribution >= 0.6 is 0 Å². The van der Waals surface area contributed by atoms with Crippen LogP contribution < -0.4 is 10.1 Å². The van der Waals surface area contributed by atoms with Crippen LogP contribution in [-0.2, 0) is 4.79 Å². The van der Waals surface area contributed by atoms with Gasteiger partial charge in [0.2, 0.25) is 0 Å². The van der Waals surface area contributed by atoms with Gasteiger partial charge in [0.25, 0.3) is 5.91 Å². The van der Waals surface area contributed by atoms with Crippen LogP contribution in [0.2, 0.25) is 0 Å². The van der Waals surface area contributed by atoms with Crippen LogP contribution in [0.5, 0.6) is 5.75 Å². The van der Waals surface area contributed by atoms with Crippen LogP contribution in [0, 0.1) is 18.3 Å². The lowest BCUT2D eigenvalue weighted by Gasteiger charge is -2.15. The highest BCUT2D eigenvalue weighted by molar-refractivity contribution is 5.94. The zero-order valence-corrected chi connectivity index (χ0v) is 15.3. The molecule has 0 aliphatic carbocycles. The Labute approximate surface area is 159 Å². The highest BCUT2D eigenvalue weighted by atomic mass is 16.5. The number of rotatable bonds is 5. The minimum atomic E-state index is -0.618. The topological polar surface area (TPSA) is 62.1 Å². The van der Waals surface area contributed by atoms with Crippen molar-refractivity contribution in [1.82, 2.24) is 0 Å². The van der Waals surface area contributed by atoms with E-state index in [4.69, 9.17) is 10.00 Å². The molecule has 4 nitrogen and oxygen atoms in total. The molecule has 1 atom stereocenters. The van der Waals surface area contributed by atoms with E-state index in [-0.39, 0.29) is 5.91 Å². The number of carbonyl (C=O) groups excluding carboxylic acids is 1. The third-order valence-electron chi connectivity index (χ3n) is 4.20. The van der Waals surface area contributed by atoms with E-state index in [9.17, 15) is 4.79 Å². The van der Waals surface area contributed by atoms with Gasteiger partial charge in [0.15, 0.2) is 6.10 Å². The average molecular weight is 356 g/mol. The van der Waals surface area contributed by atoms with Crippen LogP contribution in [0.4, 0.5) is 5.69 Å². The summed E-state index contributed by atoms with van der Waals surface area (Å²) in [6, 6.07) is 24.7. The van der Waals surface area contributed by atoms with E-state index in [0.717, 1.165) is 22.4 Å². The van der Waals surface area contributed by atoms with Crippen molar-refractivity contribution in [3.63, 3.8) is 0 Å². The first kappa shape index (κ1) is 18.2. The van der Waals surface area contributed by atoms with Gasteiger partial charge in [-0.3, -0.25) is 4.79 Å². The summed E-state index contributed by atoms with van der Waals surface area (Å²) in [7, 11) is 0. The fourth-order valence-corrected chi connectivity index (χ4v) is 2.60. The number of nitrogens with zero attached hydrogens (tertiary/aromatic N) is 1. The van der Waals surface area contributed by atoms with Crippen molar-refractivity contribution in [2.24, 2.45) is 0 Å². The van der Waals surface area contributed by atoms with Gasteiger partial charge in [-0.25, -0.2) is 0 Å². The molecule has 0 aliphatic heterocycles. The van der Waals surface area contributed by atoms with E-state index in [1.807, 2.05) is 67.6 Å². The molecule has 3 rings (SSSR count). The largest absolute Gasteiger partial charge is 0.481 e. The second-order valence-electron chi connectivity index (χ2n) is 6.33. The van der Waals surface area contributed by atoms with Crippen molar-refractivity contribution >= 4 is 11.6 Å². The molecule has 3 aromatic rings. The molecule has 0 aromatic heterocycles. The van der Waals surface area contributed by atoms with Crippen molar-refractivity contribution in [1.29, 1.82) is 5.26 Å². The molecule has 1 amide bonds. The zero-order chi connectivity index (χ0) is 19.2. The highest BCUT2D eigenvalue weighted by Crippen LogP contribution is 2.23. The minimum absolute atomic E-state index is 0.199. The maximum Gasteiger partial charge on any atom is 0.265 e. The summed E-state index contributed by atoms with van der Waals surface area (Å²) in [6.07, 6.45) is -0.618. The predicted octanol–water partition coefficient (Wildman–Crippen LogP) is 4.94. The SMILES string of the molecule is Cc1ccc(NC(=O)[C@@H](C)Oc2ccc(-c3ccc(C#N)cc3)cc2)cc1. The molecule has 0 unspecified atom stereocenters. The van der Waals surface area contributed by atoms with Gasteiger partial charge in [-0.05, 0) is 61.4 Å². The summed E-state index contributed by atoms with van der Waals surface area (Å²) in [5.74, 6) is 0.425. The number of hydrogen-bond acceptors (Lipinski definition) is 3. The molecule has 27 heavy (non-hydrogen) atoms. The first-order valence-corrected chi connectivity index (χ1v) is 8.70. The molecule has 1 N–H and O–H groups in total. The number of ether oxygens (including phenoxy) is 1. The van der Waals surface area contributed by atoms with Gasteiger partial charge in [-0.15, -0.1) is 0 Å². The number of carbonyl (C=O) groups is 1. The zero-order valence-electron chi connectivity index (χ0n) is 15.3. The Morgan fingerprint density at radius 2 is 1.48 bits per heavy atom. The first-order chi connectivity index (χ1) is 13.0. The summed E-state index contributed by atoms with van der Waals surface area (Å²) >= 11 is 0. The Morgan fingerprint density at radius 3 is 2.04 bits per heavy atom. The fourth-order valence-electron chi connectivity index (χ4n) is 2.60. The summed E-state index contributed by atoms with van der Waals surface area (Å²) in [6.45, 7) is 3.72. The molecule has 0 radical (unpaired) electrons. The summed E-state index contributed by atoms with van der Waals surface area (Å²) in [4.78, 5) is 12.3. The molecule has 0 saturated heterocycles. The van der Waals surface area contributed by atoms with Crippen LogP contribution in [0.25, 0.3) is 11.1 Å². The highest BCUT2D eigenvalue weighted by Gasteiger charge is 2.15. The number of nitrogens with one attached hydrogen (secondary N) is 1. The van der Waals surface area contributed by atoms with E-state index in [2.05, 4.69) is 11.4 Å². The smallest absolute Gasteiger partial charge is 0.265 e. The third kappa shape index (κ3) is 4.74. The number of amides is 1. The second-order valence-corrected chi connectivity index (χ2v) is 6.33. The standard InChI is InChI=1S/C23H20N2O2/c1-16-3-11-21(12-4-16)25-23(26)17(2)27-22-13-9-20(10-14-22)19-7-5-18(15-24)6-8-19/h3-14,17H,1-2H3,(H,25,26)/t17-/m1/s1. The molecule has 4 heteroatoms. The normalized spacial score (nSPS) is 11.3. The molecule has 0 heterocycles. The third-order valence-corrected chi connectivity index (χ3v) is 4.20. The lowest BCUT2D eigenvalue weighted by Crippen LogP contribution is -2.30. The van der Waals surface area contributed by atoms with Gasteiger partial charge >= 0.3 is 0 Å².